The molecular weight excluding hydrogens is 1740 g/mol. The summed E-state index contributed by atoms with van der Waals surface area (Å²) in [5.74, 6) is -2.51. The van der Waals surface area contributed by atoms with Gasteiger partial charge in [-0.05, 0) is 147 Å². The van der Waals surface area contributed by atoms with Crippen LogP contribution in [0.1, 0.15) is 222 Å². The number of amides is 1. The van der Waals surface area contributed by atoms with Crippen molar-refractivity contribution in [1.82, 2.24) is 96.3 Å². The Bertz CT molecular complexity index is 6260. The minimum absolute atomic E-state index is 0. The van der Waals surface area contributed by atoms with Crippen molar-refractivity contribution < 1.29 is 60.4 Å². The molecule has 7 atom stereocenters. The van der Waals surface area contributed by atoms with Gasteiger partial charge in [-0.2, -0.15) is 4.40 Å². The van der Waals surface area contributed by atoms with Crippen molar-refractivity contribution in [3.63, 3.8) is 0 Å². The highest BCUT2D eigenvalue weighted by molar-refractivity contribution is 7.85. The van der Waals surface area contributed by atoms with Crippen LogP contribution in [0.2, 0.25) is 20.1 Å². The van der Waals surface area contributed by atoms with E-state index in [1.807, 2.05) is 62.7 Å². The molecule has 7 unspecified atom stereocenters. The van der Waals surface area contributed by atoms with Gasteiger partial charge in [-0.15, -0.1) is 22.6 Å². The molecule has 656 valence electrons. The first-order valence-corrected chi connectivity index (χ1v) is 41.8. The lowest BCUT2D eigenvalue weighted by Gasteiger charge is -2.31. The molecular formula is C81H93Cl5F4N22O9S2. The maximum Gasteiger partial charge on any atom is 0.358 e. The number of aromatic nitrogens is 18. The van der Waals surface area contributed by atoms with Crippen LogP contribution < -0.4 is 15.8 Å². The number of nitrogens with two attached hydrogens (primary N) is 1. The number of ether oxygens (including phenoxy) is 2. The Morgan fingerprint density at radius 3 is 1.36 bits per heavy atom. The van der Waals surface area contributed by atoms with Crippen molar-refractivity contribution in [2.75, 3.05) is 26.4 Å². The number of fused-ring (bicyclic) bond motifs is 6. The van der Waals surface area contributed by atoms with E-state index in [9.17, 15) is 45.8 Å². The number of hydrogen-bond donors (Lipinski definition) is 6. The molecule has 2 aliphatic heterocycles. The summed E-state index contributed by atoms with van der Waals surface area (Å²) in [5, 5.41) is 49.3. The highest BCUT2D eigenvalue weighted by atomic mass is 35.5. The molecule has 14 aromatic heterocycles. The molecule has 0 aromatic carbocycles. The molecule has 18 rings (SSSR count). The highest BCUT2D eigenvalue weighted by Crippen LogP contribution is 2.44. The van der Waals surface area contributed by atoms with Gasteiger partial charge >= 0.3 is 5.97 Å². The number of carbonyl (C=O) groups is 2. The number of imidazole rings is 6. The monoisotopic (exact) mass is 1830 g/mol. The van der Waals surface area contributed by atoms with E-state index < -0.39 is 84.9 Å². The van der Waals surface area contributed by atoms with Crippen LogP contribution in [0, 0.1) is 35.1 Å². The van der Waals surface area contributed by atoms with Gasteiger partial charge in [0, 0.05) is 78.6 Å². The number of aliphatic hydroxyl groups is 2. The first-order valence-electron chi connectivity index (χ1n) is 38.1. The minimum Gasteiger partial charge on any atom is -0.476 e. The van der Waals surface area contributed by atoms with E-state index in [0.29, 0.717) is 95.6 Å². The standard InChI is InChI=1S/C27H26ClFN8O3.C18H19N5O4.C13H17ClFN3OS.C12H13ClFN3OS.C9H9ClFN3.2CH4.ClH/c1-14(23-24-22(29)20(28)4-5-35(24)13-30-23)31-27(39)21-10-37(34-33-21)9-18-8-36-7-16(15-2-3-15)6-19(26(36)32-18)25(38)17-11-40-12-17;24-16(12-8-27-9-12)14-3-11(10-1-2-10)4-22-5-13(19-17(14)22)6-23-7-15(18(25)26)20-21-23;1-8(17-20(19)13(2,3)4)11-12-10(15)9(14)5-6-18(12)7-16-11;1-12(2,3)19(18)16-6-9-11-10(14)8(13)4-5-17(11)7-15-9;1-5(12)8-9-7(11)6(10)2-3-14(9)4-13-8;;;/h4-8,10,13-15,17,25,38H,2-3,9,11-12H2,1H3,(H,31,39);3-5,7,10,12,16,24H,1-2,6,8-9H2,(H,25,26);5-8,17H,1-4H3;4-7H,1-3H3;2-5H,12H2,1H3;2*1H4;1H. The third-order valence-electron chi connectivity index (χ3n) is 20.2. The van der Waals surface area contributed by atoms with Gasteiger partial charge < -0.3 is 62.2 Å². The van der Waals surface area contributed by atoms with Gasteiger partial charge in [0.15, 0.2) is 34.7 Å². The molecule has 1 amide bonds. The van der Waals surface area contributed by atoms with Crippen LogP contribution in [0.4, 0.5) is 17.6 Å². The van der Waals surface area contributed by atoms with E-state index in [-0.39, 0.29) is 100 Å². The molecule has 2 saturated carbocycles. The summed E-state index contributed by atoms with van der Waals surface area (Å²) < 4.78 is 110. The fraction of sp³-hybridized carbons (Fsp3) is 0.395. The number of rotatable bonds is 20. The van der Waals surface area contributed by atoms with Gasteiger partial charge in [0.25, 0.3) is 5.91 Å². The zero-order valence-electron chi connectivity index (χ0n) is 66.5. The lowest BCUT2D eigenvalue weighted by molar-refractivity contribution is -0.0922. The van der Waals surface area contributed by atoms with Gasteiger partial charge in [-0.1, -0.05) is 71.7 Å². The van der Waals surface area contributed by atoms with E-state index in [4.69, 9.17) is 71.7 Å². The molecule has 4 fully saturated rings. The van der Waals surface area contributed by atoms with Crippen molar-refractivity contribution in [3.05, 3.63) is 235 Å². The van der Waals surface area contributed by atoms with E-state index >= 15 is 0 Å². The van der Waals surface area contributed by atoms with Gasteiger partial charge in [-0.25, -0.2) is 74.8 Å². The molecule has 31 nitrogen and oxygen atoms in total. The third kappa shape index (κ3) is 20.9. The summed E-state index contributed by atoms with van der Waals surface area (Å²) in [4.78, 5) is 49.9. The summed E-state index contributed by atoms with van der Waals surface area (Å²) in [6.45, 7) is 19.1. The molecule has 0 bridgehead atoms. The maximum atomic E-state index is 14.6. The first-order chi connectivity index (χ1) is 57.1. The van der Waals surface area contributed by atoms with Crippen LogP contribution in [0.25, 0.3) is 33.4 Å². The molecule has 2 saturated heterocycles. The summed E-state index contributed by atoms with van der Waals surface area (Å²) in [6.07, 6.45) is 28.0. The molecule has 42 heteroatoms. The number of carbonyl (C=O) groups excluding carboxylic acids is 1. The molecule has 0 spiro atoms. The molecule has 123 heavy (non-hydrogen) atoms. The van der Waals surface area contributed by atoms with Crippen molar-refractivity contribution in [2.45, 2.75) is 168 Å². The highest BCUT2D eigenvalue weighted by Gasteiger charge is 2.36. The lowest BCUT2D eigenvalue weighted by atomic mass is 9.93. The largest absolute Gasteiger partial charge is 0.476 e. The van der Waals surface area contributed by atoms with Crippen LogP contribution in [0.5, 0.6) is 0 Å². The first kappa shape index (κ1) is 93.9. The number of aromatic carboxylic acids is 1. The molecule has 2 aliphatic carbocycles. The minimum atomic E-state index is -1.41. The summed E-state index contributed by atoms with van der Waals surface area (Å²) >= 11 is 23.1. The summed E-state index contributed by atoms with van der Waals surface area (Å²) in [7, 11) is -2.67. The molecule has 0 radical (unpaired) electrons. The molecule has 16 heterocycles. The van der Waals surface area contributed by atoms with Gasteiger partial charge in [0.2, 0.25) is 0 Å². The number of nitrogens with zero attached hydrogens (tertiary/aromatic N) is 19. The SMILES string of the molecule is C.C.CC(C)(C)S(=O)N=Cc1ncn2ccc(Cl)c(F)c12.CC(N)c1ncn2ccc(Cl)c(F)c12.CC(NC(=O)c1cn(Cc2cn3cc(C4CC4)cc(C(O)C4COC4)c3n2)nn1)c1ncn2ccc(Cl)c(F)c12.CC(NS(=O)C(C)(C)C)c1ncn2ccc(Cl)c(F)c12.Cl.O=C(O)c1cn(Cc2cn3cc(C4CC4)cc(C(O)C4COC4)c3n2)nn1. The predicted molar refractivity (Wildman–Crippen MR) is 463 cm³/mol. The van der Waals surface area contributed by atoms with Gasteiger partial charge in [0.1, 0.15) is 56.4 Å². The van der Waals surface area contributed by atoms with Crippen LogP contribution in [0.3, 0.4) is 0 Å². The number of carboxylic acids is 1. The van der Waals surface area contributed by atoms with Gasteiger partial charge in [-0.3, -0.25) is 4.79 Å². The van der Waals surface area contributed by atoms with Crippen LogP contribution in [-0.2, 0) is 44.5 Å². The second-order valence-electron chi connectivity index (χ2n) is 31.6. The molecule has 14 aromatic rings. The number of aliphatic hydroxyl groups excluding tert-OH is 2. The van der Waals surface area contributed by atoms with Crippen LogP contribution >= 0.6 is 58.8 Å². The maximum absolute atomic E-state index is 14.6. The Kier molecular flexibility index (Phi) is 29.6. The second kappa shape index (κ2) is 38.8. The van der Waals surface area contributed by atoms with Crippen LogP contribution in [0.15, 0.2) is 128 Å². The smallest absolute Gasteiger partial charge is 0.358 e. The normalized spacial score (nSPS) is 16.0. The third-order valence-corrected chi connectivity index (χ3v) is 24.3. The Balaban J connectivity index is 0.000000156. The topological polar surface area (TPSA) is 375 Å². The predicted octanol–water partition coefficient (Wildman–Crippen LogP) is 14.8. The Labute approximate surface area is 735 Å². The summed E-state index contributed by atoms with van der Waals surface area (Å²) in [5.41, 5.74) is 15.3. The molecule has 7 N–H and O–H groups in total. The second-order valence-corrected chi connectivity index (χ2v) is 37.1. The summed E-state index contributed by atoms with van der Waals surface area (Å²) in [6, 6.07) is 8.72. The average molecular weight is 1840 g/mol. The fourth-order valence-corrected chi connectivity index (χ4v) is 15.0. The number of halogens is 9. The quantitative estimate of drug-likeness (QED) is 0.0305. The number of nitrogens with one attached hydrogen (secondary N) is 2. The van der Waals surface area contributed by atoms with Crippen LogP contribution in [-0.4, -0.2) is 164 Å². The van der Waals surface area contributed by atoms with Crippen molar-refractivity contribution in [2.24, 2.45) is 22.0 Å². The van der Waals surface area contributed by atoms with E-state index in [2.05, 4.69) is 84.5 Å². The zero-order chi connectivity index (χ0) is 85.7. The Morgan fingerprint density at radius 2 is 0.967 bits per heavy atom. The van der Waals surface area contributed by atoms with E-state index in [0.717, 1.165) is 29.7 Å². The number of carboxylic acid groups (broad SMARTS) is 1. The Morgan fingerprint density at radius 1 is 0.577 bits per heavy atom. The van der Waals surface area contributed by atoms with Crippen molar-refractivity contribution in [1.29, 1.82) is 0 Å². The zero-order valence-corrected chi connectivity index (χ0v) is 72.0. The fourth-order valence-electron chi connectivity index (χ4n) is 13.2. The van der Waals surface area contributed by atoms with Crippen molar-refractivity contribution in [3.8, 4) is 0 Å². The van der Waals surface area contributed by atoms with E-state index in [1.165, 1.54) is 110 Å². The van der Waals surface area contributed by atoms with Crippen molar-refractivity contribution >= 4 is 132 Å². The number of pyridine rings is 6. The Hall–Kier alpha value is -9.74. The van der Waals surface area contributed by atoms with Gasteiger partial charge in [0.05, 0.1) is 170 Å². The van der Waals surface area contributed by atoms with E-state index in [1.54, 1.807) is 54.4 Å². The molecule has 4 aliphatic rings. The lowest BCUT2D eigenvalue weighted by Crippen LogP contribution is -2.35. The number of hydrogen-bond acceptors (Lipinski definition) is 19. The average Bonchev–Trinajstić information content (AvgIpc) is 1.63.